The van der Waals surface area contributed by atoms with E-state index in [1.54, 1.807) is 0 Å². The summed E-state index contributed by atoms with van der Waals surface area (Å²) in [6.45, 7) is 6.92. The molecule has 5 rings (SSSR count). The van der Waals surface area contributed by atoms with Gasteiger partial charge < -0.3 is 19.6 Å². The highest BCUT2D eigenvalue weighted by molar-refractivity contribution is 5.79. The molecule has 1 amide bonds. The number of amides is 1. The van der Waals surface area contributed by atoms with Crippen molar-refractivity contribution >= 4 is 5.91 Å². The lowest BCUT2D eigenvalue weighted by atomic mass is 9.65. The number of aliphatic hydroxyl groups excluding tert-OH is 1. The number of aliphatic hydroxyl groups is 1. The molecule has 2 heterocycles. The van der Waals surface area contributed by atoms with Crippen LogP contribution in [0.25, 0.3) is 0 Å². The van der Waals surface area contributed by atoms with Gasteiger partial charge in [-0.1, -0.05) is 25.7 Å². The molecule has 3 aliphatic carbocycles. The van der Waals surface area contributed by atoms with E-state index in [4.69, 9.17) is 9.57 Å². The first-order valence-corrected chi connectivity index (χ1v) is 16.2. The van der Waals surface area contributed by atoms with Crippen molar-refractivity contribution in [2.75, 3.05) is 73.6 Å². The Balaban J connectivity index is 1.19. The van der Waals surface area contributed by atoms with Crippen molar-refractivity contribution in [2.24, 2.45) is 29.6 Å². The molecule has 39 heavy (non-hydrogen) atoms. The molecule has 8 nitrogen and oxygen atoms in total. The van der Waals surface area contributed by atoms with Crippen LogP contribution in [0.15, 0.2) is 0 Å². The lowest BCUT2D eigenvalue weighted by Gasteiger charge is -2.47. The molecule has 0 aromatic heterocycles. The Kier molecular flexibility index (Phi) is 10.6. The number of hydrogen-bond acceptors (Lipinski definition) is 7. The molecule has 0 spiro atoms. The molecular weight excluding hydrogens is 492 g/mol. The lowest BCUT2D eigenvalue weighted by molar-refractivity contribution is -0.147. The number of hydrogen-bond donors (Lipinski definition) is 1. The smallest absolute Gasteiger partial charge is 0.225 e. The van der Waals surface area contributed by atoms with Crippen LogP contribution >= 0.6 is 0 Å². The van der Waals surface area contributed by atoms with Crippen LogP contribution < -0.4 is 0 Å². The number of carbonyl (C=O) groups is 1. The average Bonchev–Trinajstić information content (AvgIpc) is 3.37. The van der Waals surface area contributed by atoms with Crippen molar-refractivity contribution in [2.45, 2.75) is 88.9 Å². The molecule has 2 aliphatic heterocycles. The Bertz CT molecular complexity index is 770. The summed E-state index contributed by atoms with van der Waals surface area (Å²) in [5.41, 5.74) is 0. The van der Waals surface area contributed by atoms with Crippen LogP contribution in [0, 0.1) is 29.6 Å². The van der Waals surface area contributed by atoms with Gasteiger partial charge in [0.1, 0.15) is 0 Å². The van der Waals surface area contributed by atoms with Gasteiger partial charge in [-0.05, 0) is 76.8 Å². The Morgan fingerprint density at radius 3 is 2.38 bits per heavy atom. The van der Waals surface area contributed by atoms with E-state index in [2.05, 4.69) is 28.8 Å². The first kappa shape index (κ1) is 29.7. The quantitative estimate of drug-likeness (QED) is 0.500. The van der Waals surface area contributed by atoms with E-state index in [0.29, 0.717) is 42.9 Å². The lowest BCUT2D eigenvalue weighted by Crippen LogP contribution is -2.53. The summed E-state index contributed by atoms with van der Waals surface area (Å²) in [5.74, 6) is 2.79. The molecule has 0 radical (unpaired) electrons. The van der Waals surface area contributed by atoms with Gasteiger partial charge in [0.05, 0.1) is 25.4 Å². The molecule has 3 saturated carbocycles. The van der Waals surface area contributed by atoms with Crippen LogP contribution in [-0.2, 0) is 14.4 Å². The SMILES string of the molecule is COC1C(CN2C[C@H](O)CO2)CCCC1C1CC(C(=O)N2CCN(CC3CCCCC3)CC2)CC(N(C)C)C1. The van der Waals surface area contributed by atoms with E-state index in [1.807, 2.05) is 12.2 Å². The van der Waals surface area contributed by atoms with E-state index < -0.39 is 0 Å². The highest BCUT2D eigenvalue weighted by atomic mass is 16.7. The minimum Gasteiger partial charge on any atom is -0.389 e. The number of methoxy groups -OCH3 is 1. The number of carbonyl (C=O) groups excluding carboxylic acids is 1. The minimum absolute atomic E-state index is 0.121. The fourth-order valence-electron chi connectivity index (χ4n) is 8.73. The first-order valence-electron chi connectivity index (χ1n) is 16.2. The van der Waals surface area contributed by atoms with Crippen molar-refractivity contribution < 1.29 is 19.5 Å². The van der Waals surface area contributed by atoms with Gasteiger partial charge in [0.2, 0.25) is 5.91 Å². The zero-order valence-electron chi connectivity index (χ0n) is 25.0. The van der Waals surface area contributed by atoms with Gasteiger partial charge in [0.15, 0.2) is 0 Å². The van der Waals surface area contributed by atoms with Crippen LogP contribution in [0.5, 0.6) is 0 Å². The van der Waals surface area contributed by atoms with E-state index in [9.17, 15) is 9.90 Å². The van der Waals surface area contributed by atoms with Crippen molar-refractivity contribution in [3.05, 3.63) is 0 Å². The predicted molar refractivity (Wildman–Crippen MR) is 153 cm³/mol. The van der Waals surface area contributed by atoms with Crippen LogP contribution in [0.3, 0.4) is 0 Å². The maximum absolute atomic E-state index is 13.9. The molecule has 224 valence electrons. The van der Waals surface area contributed by atoms with Gasteiger partial charge in [-0.3, -0.25) is 14.5 Å². The second kappa shape index (κ2) is 13.9. The first-order chi connectivity index (χ1) is 18.9. The van der Waals surface area contributed by atoms with Gasteiger partial charge in [-0.25, -0.2) is 0 Å². The van der Waals surface area contributed by atoms with E-state index in [0.717, 1.165) is 64.3 Å². The zero-order chi connectivity index (χ0) is 27.4. The standard InChI is InChI=1S/C31H56N4O4/c1-32(2)27-17-25(29-11-7-10-24(30(29)38-3)20-35-21-28(36)22-39-35)16-26(18-27)31(37)34-14-12-33(13-15-34)19-23-8-5-4-6-9-23/h23-30,36H,4-22H2,1-3H3/t24?,25?,26?,27?,28-,29?,30?/m0/s1. The summed E-state index contributed by atoms with van der Waals surface area (Å²) >= 11 is 0. The number of rotatable bonds is 8. The number of β-amino-alcohol motifs (C(OH)–C–C–N with tert-alkyl or cyclic N) is 1. The van der Waals surface area contributed by atoms with Crippen LogP contribution in [0.4, 0.5) is 0 Å². The van der Waals surface area contributed by atoms with Gasteiger partial charge in [-0.2, -0.15) is 5.06 Å². The summed E-state index contributed by atoms with van der Waals surface area (Å²) in [5, 5.41) is 11.9. The summed E-state index contributed by atoms with van der Waals surface area (Å²) in [7, 11) is 6.25. The van der Waals surface area contributed by atoms with Crippen LogP contribution in [-0.4, -0.2) is 123 Å². The molecule has 0 bridgehead atoms. The van der Waals surface area contributed by atoms with E-state index in [-0.39, 0.29) is 18.1 Å². The highest BCUT2D eigenvalue weighted by Gasteiger charge is 2.45. The number of ether oxygens (including phenoxy) is 1. The molecule has 0 aromatic rings. The summed E-state index contributed by atoms with van der Waals surface area (Å²) in [6, 6.07) is 0.445. The Morgan fingerprint density at radius 2 is 1.72 bits per heavy atom. The largest absolute Gasteiger partial charge is 0.389 e. The summed E-state index contributed by atoms with van der Waals surface area (Å²) in [6.07, 6.45) is 13.5. The number of piperazine rings is 1. The third-order valence-electron chi connectivity index (χ3n) is 10.9. The Morgan fingerprint density at radius 1 is 0.949 bits per heavy atom. The molecule has 8 heteroatoms. The number of hydroxylamine groups is 2. The van der Waals surface area contributed by atoms with Crippen molar-refractivity contribution in [3.8, 4) is 0 Å². The Labute approximate surface area is 237 Å². The summed E-state index contributed by atoms with van der Waals surface area (Å²) in [4.78, 5) is 26.8. The van der Waals surface area contributed by atoms with E-state index >= 15 is 0 Å². The Hall–Kier alpha value is -0.770. The second-order valence-corrected chi connectivity index (χ2v) is 13.8. The summed E-state index contributed by atoms with van der Waals surface area (Å²) < 4.78 is 6.23. The molecule has 1 N–H and O–H groups in total. The number of nitrogens with zero attached hydrogens (tertiary/aromatic N) is 4. The van der Waals surface area contributed by atoms with Gasteiger partial charge in [0.25, 0.3) is 0 Å². The van der Waals surface area contributed by atoms with Crippen molar-refractivity contribution in [3.63, 3.8) is 0 Å². The fraction of sp³-hybridized carbons (Fsp3) is 0.968. The van der Waals surface area contributed by atoms with Crippen molar-refractivity contribution in [1.82, 2.24) is 19.8 Å². The topological polar surface area (TPSA) is 68.7 Å². The van der Waals surface area contributed by atoms with Crippen LogP contribution in [0.1, 0.15) is 70.6 Å². The van der Waals surface area contributed by atoms with Crippen LogP contribution in [0.2, 0.25) is 0 Å². The van der Waals surface area contributed by atoms with Gasteiger partial charge in [0, 0.05) is 64.3 Å². The van der Waals surface area contributed by atoms with Gasteiger partial charge in [-0.15, -0.1) is 0 Å². The highest BCUT2D eigenvalue weighted by Crippen LogP contribution is 2.45. The normalized spacial score (nSPS) is 38.0. The van der Waals surface area contributed by atoms with E-state index in [1.165, 1.54) is 51.5 Å². The molecule has 5 fully saturated rings. The third kappa shape index (κ3) is 7.55. The monoisotopic (exact) mass is 548 g/mol. The zero-order valence-corrected chi connectivity index (χ0v) is 25.0. The maximum Gasteiger partial charge on any atom is 0.225 e. The third-order valence-corrected chi connectivity index (χ3v) is 10.9. The maximum atomic E-state index is 13.9. The molecule has 5 aliphatic rings. The van der Waals surface area contributed by atoms with Crippen molar-refractivity contribution in [1.29, 1.82) is 0 Å². The molecular formula is C31H56N4O4. The fourth-order valence-corrected chi connectivity index (χ4v) is 8.73. The minimum atomic E-state index is -0.384. The molecule has 7 atom stereocenters. The van der Waals surface area contributed by atoms with Gasteiger partial charge >= 0.3 is 0 Å². The predicted octanol–water partition coefficient (Wildman–Crippen LogP) is 3.10. The molecule has 0 aromatic carbocycles. The second-order valence-electron chi connectivity index (χ2n) is 13.8. The molecule has 6 unspecified atom stereocenters. The molecule has 2 saturated heterocycles. The average molecular weight is 549 g/mol.